The van der Waals surface area contributed by atoms with Crippen molar-refractivity contribution in [2.75, 3.05) is 19.1 Å². The number of anilines is 3. The summed E-state index contributed by atoms with van der Waals surface area (Å²) in [5.41, 5.74) is 3.20. The van der Waals surface area contributed by atoms with Crippen molar-refractivity contribution in [1.82, 2.24) is 0 Å². The van der Waals surface area contributed by atoms with Crippen molar-refractivity contribution in [3.05, 3.63) is 91.0 Å². The van der Waals surface area contributed by atoms with Crippen LogP contribution in [0.1, 0.15) is 0 Å². The number of hydrogen-bond acceptors (Lipinski definition) is 3. The van der Waals surface area contributed by atoms with Gasteiger partial charge in [-0.25, -0.2) is 0 Å². The van der Waals surface area contributed by atoms with E-state index in [4.69, 9.17) is 9.47 Å². The lowest BCUT2D eigenvalue weighted by Gasteiger charge is -2.26. The molecule has 0 aliphatic carbocycles. The van der Waals surface area contributed by atoms with E-state index in [0.29, 0.717) is 0 Å². The summed E-state index contributed by atoms with van der Waals surface area (Å²) in [6.45, 7) is 0. The molecule has 0 amide bonds. The quantitative estimate of drug-likeness (QED) is 0.268. The van der Waals surface area contributed by atoms with E-state index in [-0.39, 0.29) is 10.5 Å². The molecule has 0 N–H and O–H groups in total. The predicted octanol–water partition coefficient (Wildman–Crippen LogP) is 7.77. The SMILES string of the molecule is COc1cc(OC)cc(N(c2ccccc2)c2ccc3c4ccccc4[s+](C)c3c2)c1. The van der Waals surface area contributed by atoms with Gasteiger partial charge in [-0.3, -0.25) is 0 Å². The van der Waals surface area contributed by atoms with Crippen molar-refractivity contribution in [3.8, 4) is 11.5 Å². The molecule has 0 bridgehead atoms. The zero-order chi connectivity index (χ0) is 21.4. The first-order valence-corrected chi connectivity index (χ1v) is 11.8. The van der Waals surface area contributed by atoms with Gasteiger partial charge in [-0.2, -0.15) is 0 Å². The standard InChI is InChI=1S/C27H24NO2S/c1-29-22-15-21(16-23(18-22)30-2)28(19-9-5-4-6-10-19)20-13-14-25-24-11-7-8-12-26(24)31(3)27(25)17-20/h4-18H,1-3H3/q+1. The number of rotatable bonds is 5. The summed E-state index contributed by atoms with van der Waals surface area (Å²) in [7, 11) is 3.41. The lowest BCUT2D eigenvalue weighted by molar-refractivity contribution is 0.394. The third kappa shape index (κ3) is 3.39. The number of aryl methyl sites for hydroxylation is 1. The molecule has 0 fully saturated rings. The summed E-state index contributed by atoms with van der Waals surface area (Å²) >= 11 is 0. The summed E-state index contributed by atoms with van der Waals surface area (Å²) in [5, 5.41) is 2.69. The number of nitrogens with zero attached hydrogens (tertiary/aromatic N) is 1. The van der Waals surface area contributed by atoms with Crippen molar-refractivity contribution in [2.45, 2.75) is 0 Å². The molecule has 5 aromatic rings. The van der Waals surface area contributed by atoms with Gasteiger partial charge in [-0.1, -0.05) is 30.3 Å². The van der Waals surface area contributed by atoms with Crippen LogP contribution in [0.5, 0.6) is 11.5 Å². The molecular formula is C27H24NO2S+. The molecule has 4 aromatic carbocycles. The largest absolute Gasteiger partial charge is 0.497 e. The van der Waals surface area contributed by atoms with Crippen LogP contribution in [-0.2, 0) is 6.26 Å². The Morgan fingerprint density at radius 2 is 1.23 bits per heavy atom. The Balaban J connectivity index is 1.75. The molecular weight excluding hydrogens is 402 g/mol. The first-order chi connectivity index (χ1) is 15.2. The fraction of sp³-hybridized carbons (Fsp3) is 0.111. The van der Waals surface area contributed by atoms with E-state index in [0.717, 1.165) is 28.6 Å². The fourth-order valence-electron chi connectivity index (χ4n) is 4.15. The third-order valence-corrected chi connectivity index (χ3v) is 7.68. The molecule has 0 saturated heterocycles. The van der Waals surface area contributed by atoms with Gasteiger partial charge in [0, 0.05) is 40.7 Å². The van der Waals surface area contributed by atoms with Crippen LogP contribution in [0.15, 0.2) is 91.0 Å². The van der Waals surface area contributed by atoms with Crippen molar-refractivity contribution in [1.29, 1.82) is 0 Å². The minimum atomic E-state index is 0.0496. The molecule has 1 atom stereocenters. The highest BCUT2D eigenvalue weighted by Gasteiger charge is 2.21. The predicted molar refractivity (Wildman–Crippen MR) is 133 cm³/mol. The minimum absolute atomic E-state index is 0.0496. The Morgan fingerprint density at radius 3 is 1.94 bits per heavy atom. The van der Waals surface area contributed by atoms with E-state index in [1.54, 1.807) is 14.2 Å². The molecule has 1 heterocycles. The van der Waals surface area contributed by atoms with Gasteiger partial charge >= 0.3 is 0 Å². The minimum Gasteiger partial charge on any atom is -0.497 e. The van der Waals surface area contributed by atoms with E-state index in [2.05, 4.69) is 77.9 Å². The number of methoxy groups -OCH3 is 2. The Morgan fingerprint density at radius 1 is 0.581 bits per heavy atom. The Bertz CT molecular complexity index is 1350. The van der Waals surface area contributed by atoms with Crippen molar-refractivity contribution in [2.24, 2.45) is 6.26 Å². The van der Waals surface area contributed by atoms with Gasteiger partial charge < -0.3 is 14.4 Å². The van der Waals surface area contributed by atoms with Crippen LogP contribution in [0.2, 0.25) is 0 Å². The summed E-state index contributed by atoms with van der Waals surface area (Å²) < 4.78 is 13.9. The summed E-state index contributed by atoms with van der Waals surface area (Å²) in [5.74, 6) is 1.53. The zero-order valence-corrected chi connectivity index (χ0v) is 18.6. The second-order valence-corrected chi connectivity index (χ2v) is 9.33. The lowest BCUT2D eigenvalue weighted by atomic mass is 10.1. The molecule has 3 nitrogen and oxygen atoms in total. The number of thiophene rings is 1. The first-order valence-electron chi connectivity index (χ1n) is 10.2. The van der Waals surface area contributed by atoms with E-state index in [1.807, 2.05) is 24.3 Å². The van der Waals surface area contributed by atoms with Crippen LogP contribution in [0.25, 0.3) is 20.2 Å². The maximum absolute atomic E-state index is 5.55. The number of hydrogen-bond donors (Lipinski definition) is 0. The van der Waals surface area contributed by atoms with Gasteiger partial charge in [0.15, 0.2) is 9.40 Å². The van der Waals surface area contributed by atoms with Crippen molar-refractivity contribution in [3.63, 3.8) is 0 Å². The molecule has 0 aliphatic rings. The van der Waals surface area contributed by atoms with Gasteiger partial charge in [-0.15, -0.1) is 0 Å². The molecule has 5 rings (SSSR count). The number of fused-ring (bicyclic) bond motifs is 3. The number of ether oxygens (including phenoxy) is 2. The Kier molecular flexibility index (Phi) is 5.00. The molecule has 1 unspecified atom stereocenters. The van der Waals surface area contributed by atoms with Crippen molar-refractivity contribution < 1.29 is 9.47 Å². The normalized spacial score (nSPS) is 11.6. The van der Waals surface area contributed by atoms with Crippen LogP contribution in [0.3, 0.4) is 0 Å². The second kappa shape index (κ2) is 7.97. The Hall–Kier alpha value is -3.50. The maximum atomic E-state index is 5.55. The third-order valence-electron chi connectivity index (χ3n) is 5.67. The van der Waals surface area contributed by atoms with Gasteiger partial charge in [0.25, 0.3) is 0 Å². The van der Waals surface area contributed by atoms with Crippen LogP contribution in [0.4, 0.5) is 17.1 Å². The van der Waals surface area contributed by atoms with Crippen LogP contribution in [-0.4, -0.2) is 14.2 Å². The molecule has 4 heteroatoms. The molecule has 0 aliphatic heterocycles. The average molecular weight is 427 g/mol. The number of benzene rings is 4. The highest BCUT2D eigenvalue weighted by atomic mass is 32.2. The summed E-state index contributed by atoms with van der Waals surface area (Å²) in [6, 6.07) is 31.9. The lowest BCUT2D eigenvalue weighted by Crippen LogP contribution is -2.10. The van der Waals surface area contributed by atoms with E-state index < -0.39 is 0 Å². The number of para-hydroxylation sites is 1. The topological polar surface area (TPSA) is 21.7 Å². The summed E-state index contributed by atoms with van der Waals surface area (Å²) in [6.07, 6.45) is 2.32. The van der Waals surface area contributed by atoms with Gasteiger partial charge in [0.2, 0.25) is 0 Å². The van der Waals surface area contributed by atoms with E-state index in [9.17, 15) is 0 Å². The highest BCUT2D eigenvalue weighted by Crippen LogP contribution is 2.45. The summed E-state index contributed by atoms with van der Waals surface area (Å²) in [4.78, 5) is 2.26. The molecule has 0 spiro atoms. The van der Waals surface area contributed by atoms with Gasteiger partial charge in [-0.05, 0) is 46.9 Å². The Labute approximate surface area is 185 Å². The van der Waals surface area contributed by atoms with E-state index in [1.165, 1.54) is 20.2 Å². The zero-order valence-electron chi connectivity index (χ0n) is 17.8. The average Bonchev–Trinajstić information content (AvgIpc) is 3.11. The van der Waals surface area contributed by atoms with Crippen LogP contribution < -0.4 is 14.4 Å². The van der Waals surface area contributed by atoms with Gasteiger partial charge in [0.1, 0.15) is 17.8 Å². The molecule has 0 saturated carbocycles. The second-order valence-electron chi connectivity index (χ2n) is 7.43. The fourth-order valence-corrected chi connectivity index (χ4v) is 5.98. The highest BCUT2D eigenvalue weighted by molar-refractivity contribution is 7.41. The van der Waals surface area contributed by atoms with Gasteiger partial charge in [0.05, 0.1) is 25.6 Å². The monoisotopic (exact) mass is 426 g/mol. The molecule has 154 valence electrons. The van der Waals surface area contributed by atoms with Crippen molar-refractivity contribution >= 4 is 47.7 Å². The molecule has 1 aromatic heterocycles. The van der Waals surface area contributed by atoms with E-state index >= 15 is 0 Å². The maximum Gasteiger partial charge on any atom is 0.183 e. The molecule has 31 heavy (non-hydrogen) atoms. The van der Waals surface area contributed by atoms with Crippen LogP contribution >= 0.6 is 10.5 Å². The first kappa shape index (κ1) is 19.5. The van der Waals surface area contributed by atoms with Crippen LogP contribution in [0, 0.1) is 0 Å². The smallest absolute Gasteiger partial charge is 0.183 e. The molecule has 0 radical (unpaired) electrons.